The van der Waals surface area contributed by atoms with Gasteiger partial charge in [-0.25, -0.2) is 9.97 Å². The number of aromatic amines is 1. The van der Waals surface area contributed by atoms with Crippen molar-refractivity contribution < 1.29 is 9.32 Å². The van der Waals surface area contributed by atoms with Gasteiger partial charge in [0.05, 0.1) is 11.8 Å². The summed E-state index contributed by atoms with van der Waals surface area (Å²) in [6.45, 7) is 12.7. The molecule has 0 aliphatic heterocycles. The third-order valence-corrected chi connectivity index (χ3v) is 6.59. The molecular weight excluding hydrogens is 488 g/mol. The van der Waals surface area contributed by atoms with Gasteiger partial charge in [-0.3, -0.25) is 4.79 Å². The number of hydrogen-bond donors (Lipinski definition) is 3. The highest BCUT2D eigenvalue weighted by Gasteiger charge is 2.20. The van der Waals surface area contributed by atoms with Gasteiger partial charge in [0.25, 0.3) is 0 Å². The van der Waals surface area contributed by atoms with Crippen molar-refractivity contribution in [2.24, 2.45) is 0 Å². The monoisotopic (exact) mass is 522 g/mol. The lowest BCUT2D eigenvalue weighted by molar-refractivity contribution is -0.115. The molecule has 0 unspecified atom stereocenters. The van der Waals surface area contributed by atoms with Gasteiger partial charge < -0.3 is 20.1 Å². The van der Waals surface area contributed by atoms with Crippen molar-refractivity contribution in [3.8, 4) is 11.3 Å². The Morgan fingerprint density at radius 3 is 2.26 bits per heavy atom. The highest BCUT2D eigenvalue weighted by molar-refractivity contribution is 5.93. The molecule has 0 bridgehead atoms. The van der Waals surface area contributed by atoms with Gasteiger partial charge in [0, 0.05) is 22.9 Å². The number of benzene rings is 2. The van der Waals surface area contributed by atoms with Crippen LogP contribution in [0.3, 0.4) is 0 Å². The van der Waals surface area contributed by atoms with Gasteiger partial charge >= 0.3 is 0 Å². The molecule has 3 aromatic heterocycles. The number of hydrogen-bond acceptors (Lipinski definition) is 6. The first-order valence-electron chi connectivity index (χ1n) is 13.0. The van der Waals surface area contributed by atoms with Gasteiger partial charge in [0.2, 0.25) is 5.91 Å². The van der Waals surface area contributed by atoms with Crippen molar-refractivity contribution in [1.29, 1.82) is 0 Å². The van der Waals surface area contributed by atoms with Gasteiger partial charge in [-0.1, -0.05) is 83.1 Å². The second-order valence-corrected chi connectivity index (χ2v) is 11.9. The Balaban J connectivity index is 1.26. The van der Waals surface area contributed by atoms with E-state index in [4.69, 9.17) is 4.52 Å². The van der Waals surface area contributed by atoms with Crippen LogP contribution in [0.2, 0.25) is 0 Å². The topological polar surface area (TPSA) is 109 Å². The molecule has 8 heteroatoms. The van der Waals surface area contributed by atoms with Crippen molar-refractivity contribution in [3.05, 3.63) is 83.9 Å². The maximum Gasteiger partial charge on any atom is 0.230 e. The molecule has 200 valence electrons. The molecule has 0 aliphatic rings. The van der Waals surface area contributed by atoms with Crippen molar-refractivity contribution in [2.45, 2.75) is 58.8 Å². The molecule has 0 saturated heterocycles. The third-order valence-electron chi connectivity index (χ3n) is 6.59. The predicted octanol–water partition coefficient (Wildman–Crippen LogP) is 7.13. The van der Waals surface area contributed by atoms with Gasteiger partial charge in [0.1, 0.15) is 23.6 Å². The zero-order valence-electron chi connectivity index (χ0n) is 23.2. The molecule has 5 aromatic rings. The Morgan fingerprint density at radius 2 is 1.62 bits per heavy atom. The molecule has 0 saturated carbocycles. The predicted molar refractivity (Wildman–Crippen MR) is 155 cm³/mol. The Bertz CT molecular complexity index is 1600. The van der Waals surface area contributed by atoms with Crippen LogP contribution in [0.1, 0.15) is 58.4 Å². The van der Waals surface area contributed by atoms with Crippen molar-refractivity contribution in [1.82, 2.24) is 20.1 Å². The van der Waals surface area contributed by atoms with E-state index in [9.17, 15) is 4.79 Å². The van der Waals surface area contributed by atoms with E-state index in [1.807, 2.05) is 45.0 Å². The van der Waals surface area contributed by atoms with E-state index < -0.39 is 0 Å². The molecule has 0 radical (unpaired) electrons. The smallest absolute Gasteiger partial charge is 0.230 e. The number of rotatable bonds is 6. The number of carbonyl (C=O) groups is 1. The summed E-state index contributed by atoms with van der Waals surface area (Å²) >= 11 is 0. The van der Waals surface area contributed by atoms with Crippen molar-refractivity contribution in [3.63, 3.8) is 0 Å². The molecule has 3 heterocycles. The van der Waals surface area contributed by atoms with Gasteiger partial charge in [-0.05, 0) is 40.3 Å². The van der Waals surface area contributed by atoms with E-state index in [0.717, 1.165) is 39.3 Å². The van der Waals surface area contributed by atoms with Crippen LogP contribution in [-0.4, -0.2) is 26.0 Å². The van der Waals surface area contributed by atoms with Crippen LogP contribution >= 0.6 is 0 Å². The van der Waals surface area contributed by atoms with E-state index in [-0.39, 0.29) is 23.2 Å². The first kappa shape index (κ1) is 26.2. The number of anilines is 3. The minimum atomic E-state index is -0.173. The zero-order valence-corrected chi connectivity index (χ0v) is 23.2. The molecule has 0 spiro atoms. The summed E-state index contributed by atoms with van der Waals surface area (Å²) in [4.78, 5) is 24.8. The van der Waals surface area contributed by atoms with E-state index >= 15 is 0 Å². The maximum atomic E-state index is 12.5. The summed E-state index contributed by atoms with van der Waals surface area (Å²) in [5, 5.41) is 11.0. The average Bonchev–Trinajstić information content (AvgIpc) is 3.53. The Hall–Kier alpha value is -4.46. The van der Waals surface area contributed by atoms with Crippen molar-refractivity contribution >= 4 is 34.3 Å². The lowest BCUT2D eigenvalue weighted by atomic mass is 9.86. The number of fused-ring (bicyclic) bond motifs is 1. The fraction of sp³-hybridized carbons (Fsp3) is 0.290. The van der Waals surface area contributed by atoms with Gasteiger partial charge in [0.15, 0.2) is 5.82 Å². The average molecular weight is 523 g/mol. The van der Waals surface area contributed by atoms with E-state index in [1.165, 1.54) is 5.56 Å². The largest absolute Gasteiger partial charge is 0.359 e. The maximum absolute atomic E-state index is 12.5. The fourth-order valence-corrected chi connectivity index (χ4v) is 4.25. The summed E-state index contributed by atoms with van der Waals surface area (Å²) < 4.78 is 5.34. The highest BCUT2D eigenvalue weighted by atomic mass is 16.5. The summed E-state index contributed by atoms with van der Waals surface area (Å²) in [5.74, 6) is 1.70. The molecular formula is C31H34N6O2. The fourth-order valence-electron chi connectivity index (χ4n) is 4.25. The summed E-state index contributed by atoms with van der Waals surface area (Å²) in [7, 11) is 0. The quantitative estimate of drug-likeness (QED) is 0.219. The number of H-pyrrole nitrogens is 1. The minimum absolute atomic E-state index is 0.105. The second-order valence-electron chi connectivity index (χ2n) is 11.9. The molecule has 0 aliphatic carbocycles. The van der Waals surface area contributed by atoms with Crippen LogP contribution in [0.15, 0.2) is 71.5 Å². The third kappa shape index (κ3) is 6.00. The van der Waals surface area contributed by atoms with E-state index in [1.54, 1.807) is 12.4 Å². The van der Waals surface area contributed by atoms with Gasteiger partial charge in [-0.15, -0.1) is 0 Å². The van der Waals surface area contributed by atoms with Crippen LogP contribution in [0.5, 0.6) is 0 Å². The zero-order chi connectivity index (χ0) is 27.8. The molecule has 39 heavy (non-hydrogen) atoms. The molecule has 1 amide bonds. The first-order valence-corrected chi connectivity index (χ1v) is 13.0. The molecule has 5 rings (SSSR count). The summed E-state index contributed by atoms with van der Waals surface area (Å²) in [6.07, 6.45) is 1.77. The lowest BCUT2D eigenvalue weighted by Gasteiger charge is -2.18. The van der Waals surface area contributed by atoms with Crippen LogP contribution in [0.25, 0.3) is 22.3 Å². The van der Waals surface area contributed by atoms with Crippen LogP contribution in [0, 0.1) is 0 Å². The van der Waals surface area contributed by atoms with E-state index in [2.05, 4.69) is 81.8 Å². The highest BCUT2D eigenvalue weighted by Crippen LogP contribution is 2.30. The summed E-state index contributed by atoms with van der Waals surface area (Å²) in [5.41, 5.74) is 5.81. The van der Waals surface area contributed by atoms with Crippen LogP contribution < -0.4 is 10.6 Å². The Kier molecular flexibility index (Phi) is 6.72. The first-order chi connectivity index (χ1) is 18.5. The normalized spacial score (nSPS) is 12.1. The number of nitrogens with one attached hydrogen (secondary N) is 3. The van der Waals surface area contributed by atoms with Crippen LogP contribution in [0.4, 0.5) is 17.3 Å². The van der Waals surface area contributed by atoms with Crippen molar-refractivity contribution in [2.75, 3.05) is 10.6 Å². The second kappa shape index (κ2) is 10.0. The van der Waals surface area contributed by atoms with Gasteiger partial charge in [-0.2, -0.15) is 0 Å². The Labute approximate surface area is 228 Å². The van der Waals surface area contributed by atoms with Crippen LogP contribution in [-0.2, 0) is 22.0 Å². The number of carbonyl (C=O) groups excluding carboxylic acids is 1. The molecule has 0 fully saturated rings. The lowest BCUT2D eigenvalue weighted by Crippen LogP contribution is -2.14. The molecule has 3 N–H and O–H groups in total. The SMILES string of the molecule is CC(C)(C)c1ccc(-c2cc3c(Nc4ccc(CC(=O)Nc5cc(C(C)(C)C)on5)cc4)ncnc3[nH]2)cc1. The minimum Gasteiger partial charge on any atom is -0.359 e. The standard InChI is InChI=1S/C31H34N6O2/c1-30(2,3)21-11-9-20(10-12-21)24-16-23-28(32-18-33-29(23)35-24)34-22-13-7-19(8-14-22)15-27(38)36-26-17-25(39-37-26)31(4,5)6/h7-14,16-18H,15H2,1-6H3,(H,36,37,38)(H2,32,33,34,35). The molecule has 8 nitrogen and oxygen atoms in total. The van der Waals surface area contributed by atoms with E-state index in [0.29, 0.717) is 11.6 Å². The Morgan fingerprint density at radius 1 is 0.897 bits per heavy atom. The summed E-state index contributed by atoms with van der Waals surface area (Å²) in [6, 6.07) is 20.1. The molecule has 2 aromatic carbocycles. The number of aromatic nitrogens is 4. The number of nitrogens with zero attached hydrogens (tertiary/aromatic N) is 3. The number of amides is 1. The molecule has 0 atom stereocenters.